The third-order valence-corrected chi connectivity index (χ3v) is 4.11. The summed E-state index contributed by atoms with van der Waals surface area (Å²) in [5, 5.41) is 6.82. The Balaban J connectivity index is 1.66. The fourth-order valence-electron chi connectivity index (χ4n) is 2.05. The molecule has 5 nitrogen and oxygen atoms in total. The molecule has 0 aliphatic rings. The highest BCUT2D eigenvalue weighted by molar-refractivity contribution is 7.08. The van der Waals surface area contributed by atoms with Gasteiger partial charge < -0.3 is 10.1 Å². The predicted octanol–water partition coefficient (Wildman–Crippen LogP) is 3.00. The number of hydrogen-bond donors (Lipinski definition) is 1. The molecule has 1 atom stereocenters. The van der Waals surface area contributed by atoms with Crippen LogP contribution >= 0.6 is 11.5 Å². The molecule has 1 heterocycles. The molecule has 22 heavy (non-hydrogen) atoms. The maximum absolute atomic E-state index is 12.0. The van der Waals surface area contributed by atoms with E-state index in [1.54, 1.807) is 0 Å². The lowest BCUT2D eigenvalue weighted by Crippen LogP contribution is -2.25. The molecule has 0 spiro atoms. The van der Waals surface area contributed by atoms with Crippen molar-refractivity contribution >= 4 is 17.4 Å². The maximum atomic E-state index is 12.0. The predicted molar refractivity (Wildman–Crippen MR) is 87.0 cm³/mol. The first-order chi connectivity index (χ1) is 10.7. The number of nitrogens with zero attached hydrogens (tertiary/aromatic N) is 2. The van der Waals surface area contributed by atoms with Gasteiger partial charge in [-0.15, -0.1) is 5.10 Å². The van der Waals surface area contributed by atoms with Gasteiger partial charge in [0.05, 0.1) is 11.8 Å². The Labute approximate surface area is 134 Å². The zero-order chi connectivity index (χ0) is 15.8. The van der Waals surface area contributed by atoms with Crippen molar-refractivity contribution in [2.75, 3.05) is 13.2 Å². The number of hydrogen-bond acceptors (Lipinski definition) is 5. The molecule has 0 aliphatic carbocycles. The van der Waals surface area contributed by atoms with E-state index in [0.717, 1.165) is 35.6 Å². The summed E-state index contributed by atoms with van der Waals surface area (Å²) in [6.45, 7) is 5.19. The molecule has 0 radical (unpaired) electrons. The zero-order valence-corrected chi connectivity index (χ0v) is 13.7. The van der Waals surface area contributed by atoms with Crippen molar-refractivity contribution in [1.82, 2.24) is 14.9 Å². The van der Waals surface area contributed by atoms with Crippen LogP contribution in [-0.2, 0) is 11.2 Å². The Bertz CT molecular complexity index is 586. The molecule has 0 saturated carbocycles. The van der Waals surface area contributed by atoms with E-state index in [1.165, 1.54) is 0 Å². The van der Waals surface area contributed by atoms with Crippen molar-refractivity contribution in [3.8, 4) is 0 Å². The molecule has 1 aromatic carbocycles. The van der Waals surface area contributed by atoms with E-state index in [4.69, 9.17) is 4.74 Å². The summed E-state index contributed by atoms with van der Waals surface area (Å²) in [7, 11) is 0. The van der Waals surface area contributed by atoms with Crippen molar-refractivity contribution in [2.45, 2.75) is 32.8 Å². The molecule has 0 aliphatic heterocycles. The summed E-state index contributed by atoms with van der Waals surface area (Å²) in [5.74, 6) is -0.0945. The van der Waals surface area contributed by atoms with Gasteiger partial charge in [-0.3, -0.25) is 4.79 Å². The van der Waals surface area contributed by atoms with Crippen molar-refractivity contribution in [1.29, 1.82) is 0 Å². The van der Waals surface area contributed by atoms with Gasteiger partial charge in [-0.2, -0.15) is 0 Å². The van der Waals surface area contributed by atoms with E-state index in [-0.39, 0.29) is 12.0 Å². The van der Waals surface area contributed by atoms with Gasteiger partial charge in [0.2, 0.25) is 0 Å². The van der Waals surface area contributed by atoms with Gasteiger partial charge in [-0.1, -0.05) is 41.7 Å². The average molecular weight is 319 g/mol. The normalized spacial score (nSPS) is 12.1. The minimum absolute atomic E-state index is 0.0642. The quantitative estimate of drug-likeness (QED) is 0.760. The third kappa shape index (κ3) is 4.61. The molecule has 1 amide bonds. The number of benzene rings is 1. The Kier molecular flexibility index (Phi) is 6.48. The summed E-state index contributed by atoms with van der Waals surface area (Å²) in [4.78, 5) is 12.6. The van der Waals surface area contributed by atoms with E-state index in [9.17, 15) is 4.79 Å². The van der Waals surface area contributed by atoms with Crippen LogP contribution in [0.1, 0.15) is 47.3 Å². The van der Waals surface area contributed by atoms with Gasteiger partial charge >= 0.3 is 0 Å². The molecule has 1 N–H and O–H groups in total. The van der Waals surface area contributed by atoms with Crippen LogP contribution in [0, 0.1) is 0 Å². The first kappa shape index (κ1) is 16.6. The number of nitrogens with one attached hydrogen (secondary N) is 1. The molecule has 0 saturated heterocycles. The molecule has 118 valence electrons. The molecule has 2 rings (SSSR count). The minimum atomic E-state index is -0.0945. The second-order valence-corrected chi connectivity index (χ2v) is 5.69. The summed E-state index contributed by atoms with van der Waals surface area (Å²) in [6, 6.07) is 10.1. The Morgan fingerprint density at radius 2 is 2.14 bits per heavy atom. The Hall–Kier alpha value is -1.79. The van der Waals surface area contributed by atoms with E-state index in [2.05, 4.69) is 27.0 Å². The number of carbonyl (C=O) groups excluding carboxylic acids is 1. The van der Waals surface area contributed by atoms with Crippen molar-refractivity contribution in [3.63, 3.8) is 0 Å². The van der Waals surface area contributed by atoms with Crippen LogP contribution in [0.4, 0.5) is 0 Å². The smallest absolute Gasteiger partial charge is 0.264 e. The van der Waals surface area contributed by atoms with E-state index >= 15 is 0 Å². The standard InChI is InChI=1S/C16H21N3O2S/c1-3-14-15(22-19-18-14)16(20)17-10-7-11-21-12(2)13-8-5-4-6-9-13/h4-6,8-9,12H,3,7,10-11H2,1-2H3,(H,17,20)/t12-/m1/s1. The van der Waals surface area contributed by atoms with Crippen LogP contribution in [0.2, 0.25) is 0 Å². The number of ether oxygens (including phenoxy) is 1. The van der Waals surface area contributed by atoms with Gasteiger partial charge in [0.1, 0.15) is 4.88 Å². The molecule has 0 bridgehead atoms. The SMILES string of the molecule is CCc1nnsc1C(=O)NCCCO[C@H](C)c1ccccc1. The number of amides is 1. The van der Waals surface area contributed by atoms with E-state index < -0.39 is 0 Å². The number of rotatable bonds is 8. The van der Waals surface area contributed by atoms with Crippen molar-refractivity contribution < 1.29 is 9.53 Å². The molecule has 2 aromatic rings. The minimum Gasteiger partial charge on any atom is -0.374 e. The average Bonchev–Trinajstić information content (AvgIpc) is 3.03. The zero-order valence-electron chi connectivity index (χ0n) is 12.9. The van der Waals surface area contributed by atoms with Gasteiger partial charge in [-0.05, 0) is 36.9 Å². The number of aryl methyl sites for hydroxylation is 1. The fourth-order valence-corrected chi connectivity index (χ4v) is 2.71. The topological polar surface area (TPSA) is 64.1 Å². The second-order valence-electron chi connectivity index (χ2n) is 4.94. The van der Waals surface area contributed by atoms with Gasteiger partial charge in [0.25, 0.3) is 5.91 Å². The van der Waals surface area contributed by atoms with Gasteiger partial charge in [0.15, 0.2) is 0 Å². The monoisotopic (exact) mass is 319 g/mol. The maximum Gasteiger partial charge on any atom is 0.264 e. The van der Waals surface area contributed by atoms with Crippen LogP contribution < -0.4 is 5.32 Å². The summed E-state index contributed by atoms with van der Waals surface area (Å²) < 4.78 is 9.59. The van der Waals surface area contributed by atoms with Crippen LogP contribution in [0.5, 0.6) is 0 Å². The largest absolute Gasteiger partial charge is 0.374 e. The molecular formula is C16H21N3O2S. The molecular weight excluding hydrogens is 298 g/mol. The second kappa shape index (κ2) is 8.60. The lowest BCUT2D eigenvalue weighted by molar-refractivity contribution is 0.0635. The van der Waals surface area contributed by atoms with Crippen LogP contribution in [0.3, 0.4) is 0 Å². The lowest BCUT2D eigenvalue weighted by Gasteiger charge is -2.13. The lowest BCUT2D eigenvalue weighted by atomic mass is 10.1. The molecule has 0 unspecified atom stereocenters. The molecule has 0 fully saturated rings. The number of carbonyl (C=O) groups is 1. The van der Waals surface area contributed by atoms with Crippen LogP contribution in [-0.4, -0.2) is 28.6 Å². The van der Waals surface area contributed by atoms with E-state index in [1.807, 2.05) is 32.0 Å². The molecule has 6 heteroatoms. The fraction of sp³-hybridized carbons (Fsp3) is 0.438. The Morgan fingerprint density at radius 1 is 1.36 bits per heavy atom. The Morgan fingerprint density at radius 3 is 2.86 bits per heavy atom. The summed E-state index contributed by atoms with van der Waals surface area (Å²) >= 11 is 1.14. The van der Waals surface area contributed by atoms with Crippen molar-refractivity contribution in [2.24, 2.45) is 0 Å². The highest BCUT2D eigenvalue weighted by Crippen LogP contribution is 2.15. The number of aromatic nitrogens is 2. The van der Waals surface area contributed by atoms with Gasteiger partial charge in [0, 0.05) is 13.2 Å². The highest BCUT2D eigenvalue weighted by Gasteiger charge is 2.14. The third-order valence-electron chi connectivity index (χ3n) is 3.34. The molecule has 1 aromatic heterocycles. The summed E-state index contributed by atoms with van der Waals surface area (Å²) in [6.07, 6.45) is 1.56. The summed E-state index contributed by atoms with van der Waals surface area (Å²) in [5.41, 5.74) is 1.92. The van der Waals surface area contributed by atoms with Crippen molar-refractivity contribution in [3.05, 3.63) is 46.5 Å². The van der Waals surface area contributed by atoms with E-state index in [0.29, 0.717) is 18.0 Å². The van der Waals surface area contributed by atoms with Crippen LogP contribution in [0.25, 0.3) is 0 Å². The first-order valence-corrected chi connectivity index (χ1v) is 8.25. The highest BCUT2D eigenvalue weighted by atomic mass is 32.1. The van der Waals surface area contributed by atoms with Crippen LogP contribution in [0.15, 0.2) is 30.3 Å². The van der Waals surface area contributed by atoms with Gasteiger partial charge in [-0.25, -0.2) is 0 Å². The first-order valence-electron chi connectivity index (χ1n) is 7.48.